The van der Waals surface area contributed by atoms with Gasteiger partial charge in [0.05, 0.1) is 12.2 Å². The first-order chi connectivity index (χ1) is 9.17. The van der Waals surface area contributed by atoms with Gasteiger partial charge in [-0.3, -0.25) is 0 Å². The third-order valence-electron chi connectivity index (χ3n) is 6.30. The molecule has 2 aliphatic rings. The molecule has 3 unspecified atom stereocenters. The highest BCUT2D eigenvalue weighted by Crippen LogP contribution is 2.44. The Bertz CT molecular complexity index is 345. The lowest BCUT2D eigenvalue weighted by Crippen LogP contribution is -2.49. The smallest absolute Gasteiger partial charge is 0.171 e. The first kappa shape index (κ1) is 16.3. The van der Waals surface area contributed by atoms with E-state index in [9.17, 15) is 0 Å². The van der Waals surface area contributed by atoms with Crippen LogP contribution in [0.25, 0.3) is 0 Å². The van der Waals surface area contributed by atoms with E-state index in [-0.39, 0.29) is 18.5 Å². The maximum absolute atomic E-state index is 6.35. The monoisotopic (exact) mass is 284 g/mol. The minimum absolute atomic E-state index is 0.166. The predicted molar refractivity (Wildman–Crippen MR) is 80.2 cm³/mol. The van der Waals surface area contributed by atoms with Gasteiger partial charge in [0.25, 0.3) is 0 Å². The van der Waals surface area contributed by atoms with Gasteiger partial charge in [-0.25, -0.2) is 0 Å². The second-order valence-corrected chi connectivity index (χ2v) is 7.39. The van der Waals surface area contributed by atoms with Crippen molar-refractivity contribution in [2.75, 3.05) is 0 Å². The Morgan fingerprint density at radius 2 is 1.35 bits per heavy atom. The Hall–Kier alpha value is -0.120. The molecule has 0 aromatic carbocycles. The van der Waals surface area contributed by atoms with Gasteiger partial charge in [0.2, 0.25) is 0 Å². The van der Waals surface area contributed by atoms with Gasteiger partial charge >= 0.3 is 0 Å². The molecule has 0 aliphatic carbocycles. The molecule has 2 rings (SSSR count). The lowest BCUT2D eigenvalue weighted by molar-refractivity contribution is -0.343. The van der Waals surface area contributed by atoms with Crippen molar-refractivity contribution in [3.05, 3.63) is 0 Å². The maximum atomic E-state index is 6.35. The number of ether oxygens (including phenoxy) is 3. The van der Waals surface area contributed by atoms with E-state index in [0.717, 1.165) is 0 Å². The Balaban J connectivity index is 2.09. The fraction of sp³-hybridized carbons (Fsp3) is 1.00. The number of rotatable bonds is 2. The summed E-state index contributed by atoms with van der Waals surface area (Å²) in [5.41, 5.74) is 0. The molecule has 3 nitrogen and oxygen atoms in total. The molecular formula is C17H32O3. The molecule has 3 heteroatoms. The van der Waals surface area contributed by atoms with Crippen LogP contribution in [0.4, 0.5) is 0 Å². The van der Waals surface area contributed by atoms with E-state index >= 15 is 0 Å². The van der Waals surface area contributed by atoms with Crippen LogP contribution >= 0.6 is 0 Å². The quantitative estimate of drug-likeness (QED) is 0.765. The molecule has 0 radical (unpaired) electrons. The topological polar surface area (TPSA) is 27.7 Å². The van der Waals surface area contributed by atoms with E-state index < -0.39 is 5.79 Å². The summed E-state index contributed by atoms with van der Waals surface area (Å²) in [5.74, 6) is 1.90. The van der Waals surface area contributed by atoms with Gasteiger partial charge in [-0.2, -0.15) is 0 Å². The number of hydrogen-bond donors (Lipinski definition) is 0. The zero-order chi connectivity index (χ0) is 15.2. The maximum Gasteiger partial charge on any atom is 0.171 e. The Morgan fingerprint density at radius 3 is 1.85 bits per heavy atom. The van der Waals surface area contributed by atoms with Crippen molar-refractivity contribution in [2.45, 2.75) is 79.7 Å². The van der Waals surface area contributed by atoms with Crippen molar-refractivity contribution < 1.29 is 14.2 Å². The van der Waals surface area contributed by atoms with Crippen molar-refractivity contribution >= 4 is 0 Å². The molecule has 0 aromatic rings. The average Bonchev–Trinajstić information content (AvgIpc) is 2.57. The van der Waals surface area contributed by atoms with E-state index in [1.807, 2.05) is 0 Å². The van der Waals surface area contributed by atoms with Gasteiger partial charge < -0.3 is 14.2 Å². The molecule has 0 bridgehead atoms. The lowest BCUT2D eigenvalue weighted by atomic mass is 9.79. The molecule has 9 atom stereocenters. The lowest BCUT2D eigenvalue weighted by Gasteiger charge is -2.45. The Labute approximate surface area is 124 Å². The molecule has 2 heterocycles. The molecule has 2 aliphatic heterocycles. The highest BCUT2D eigenvalue weighted by molar-refractivity contribution is 4.89. The molecule has 0 aromatic heterocycles. The molecule has 2 fully saturated rings. The minimum atomic E-state index is -0.530. The standard InChI is InChI=1S/C17H32O3/c1-9-10(2)14(6)18-16(11(9)3)20-17(8)13(5)12(4)15(7)19-17/h9-16H,1-8H3/t9-,10+,11?,12-,13?,14?,15-,16-,17+/m1/s1. The van der Waals surface area contributed by atoms with Crippen LogP contribution in [0.1, 0.15) is 55.4 Å². The summed E-state index contributed by atoms with van der Waals surface area (Å²) in [5, 5.41) is 0. The molecule has 0 spiro atoms. The predicted octanol–water partition coefficient (Wildman–Crippen LogP) is 4.06. The molecule has 0 saturated carbocycles. The first-order valence-electron chi connectivity index (χ1n) is 8.18. The summed E-state index contributed by atoms with van der Waals surface area (Å²) in [6, 6.07) is 0. The molecule has 118 valence electrons. The fourth-order valence-electron chi connectivity index (χ4n) is 3.58. The van der Waals surface area contributed by atoms with Crippen LogP contribution < -0.4 is 0 Å². The second kappa shape index (κ2) is 5.58. The van der Waals surface area contributed by atoms with Crippen LogP contribution in [0.15, 0.2) is 0 Å². The van der Waals surface area contributed by atoms with Crippen LogP contribution in [0.5, 0.6) is 0 Å². The zero-order valence-corrected chi connectivity index (χ0v) is 14.3. The van der Waals surface area contributed by atoms with Crippen molar-refractivity contribution in [2.24, 2.45) is 29.6 Å². The van der Waals surface area contributed by atoms with Gasteiger partial charge in [-0.15, -0.1) is 0 Å². The van der Waals surface area contributed by atoms with Gasteiger partial charge in [0, 0.05) is 11.8 Å². The van der Waals surface area contributed by atoms with Crippen molar-refractivity contribution in [3.8, 4) is 0 Å². The van der Waals surface area contributed by atoms with Crippen molar-refractivity contribution in [3.63, 3.8) is 0 Å². The van der Waals surface area contributed by atoms with Crippen LogP contribution in [-0.2, 0) is 14.2 Å². The minimum Gasteiger partial charge on any atom is -0.349 e. The normalized spacial score (nSPS) is 57.0. The summed E-state index contributed by atoms with van der Waals surface area (Å²) < 4.78 is 18.6. The summed E-state index contributed by atoms with van der Waals surface area (Å²) in [4.78, 5) is 0. The highest BCUT2D eigenvalue weighted by atomic mass is 16.8. The summed E-state index contributed by atoms with van der Waals surface area (Å²) in [6.45, 7) is 17.6. The largest absolute Gasteiger partial charge is 0.349 e. The molecule has 20 heavy (non-hydrogen) atoms. The van der Waals surface area contributed by atoms with Crippen LogP contribution in [0, 0.1) is 29.6 Å². The summed E-state index contributed by atoms with van der Waals surface area (Å²) in [6.07, 6.45) is 0.310. The first-order valence-corrected chi connectivity index (χ1v) is 8.18. The Morgan fingerprint density at radius 1 is 0.750 bits per heavy atom. The zero-order valence-electron chi connectivity index (χ0n) is 14.3. The summed E-state index contributed by atoms with van der Waals surface area (Å²) >= 11 is 0. The molecule has 0 amide bonds. The molecule has 0 N–H and O–H groups in total. The third kappa shape index (κ3) is 2.65. The van der Waals surface area contributed by atoms with E-state index in [1.54, 1.807) is 0 Å². The van der Waals surface area contributed by atoms with E-state index in [1.165, 1.54) is 0 Å². The van der Waals surface area contributed by atoms with Crippen molar-refractivity contribution in [1.29, 1.82) is 0 Å². The molecule has 2 saturated heterocycles. The van der Waals surface area contributed by atoms with Gasteiger partial charge in [0.15, 0.2) is 12.1 Å². The van der Waals surface area contributed by atoms with Crippen LogP contribution in [0.3, 0.4) is 0 Å². The van der Waals surface area contributed by atoms with Gasteiger partial charge in [0.1, 0.15) is 0 Å². The SMILES string of the molecule is CC1O[C@H](O[C@]2(C)O[C@H](C)[C@H](C)C2C)C(C)[C@H](C)[C@@H]1C. The van der Waals surface area contributed by atoms with Gasteiger partial charge in [-0.1, -0.05) is 34.6 Å². The van der Waals surface area contributed by atoms with E-state index in [4.69, 9.17) is 14.2 Å². The highest BCUT2D eigenvalue weighted by Gasteiger charge is 2.50. The van der Waals surface area contributed by atoms with Crippen molar-refractivity contribution in [1.82, 2.24) is 0 Å². The Kier molecular flexibility index (Phi) is 4.54. The molecular weight excluding hydrogens is 252 g/mol. The van der Waals surface area contributed by atoms with Crippen LogP contribution in [-0.4, -0.2) is 24.3 Å². The third-order valence-corrected chi connectivity index (χ3v) is 6.30. The second-order valence-electron chi connectivity index (χ2n) is 7.39. The van der Waals surface area contributed by atoms with Gasteiger partial charge in [-0.05, 0) is 38.5 Å². The average molecular weight is 284 g/mol. The van der Waals surface area contributed by atoms with E-state index in [2.05, 4.69) is 55.4 Å². The van der Waals surface area contributed by atoms with E-state index in [0.29, 0.717) is 29.6 Å². The van der Waals surface area contributed by atoms with Crippen LogP contribution in [0.2, 0.25) is 0 Å². The summed E-state index contributed by atoms with van der Waals surface area (Å²) in [7, 11) is 0. The fourth-order valence-corrected chi connectivity index (χ4v) is 3.58. The number of hydrogen-bond acceptors (Lipinski definition) is 3.